The van der Waals surface area contributed by atoms with Crippen molar-refractivity contribution >= 4 is 42.8 Å². The lowest BCUT2D eigenvalue weighted by Crippen LogP contribution is -2.06. The molecule has 3 nitrogen and oxygen atoms in total. The highest BCUT2D eigenvalue weighted by Crippen LogP contribution is 2.37. The molecule has 90 valence electrons. The number of benzene rings is 1. The third-order valence-electron chi connectivity index (χ3n) is 2.35. The van der Waals surface area contributed by atoms with Crippen molar-refractivity contribution in [3.05, 3.63) is 33.3 Å². The SMILES string of the molecule is NCCCOc1c(Br)cc(Br)c2cccnc12. The average molecular weight is 360 g/mol. The van der Waals surface area contributed by atoms with E-state index >= 15 is 0 Å². The predicted molar refractivity (Wildman–Crippen MR) is 76.3 cm³/mol. The first-order chi connectivity index (χ1) is 8.24. The Bertz CT molecular complexity index is 531. The molecule has 2 aromatic rings. The van der Waals surface area contributed by atoms with Crippen molar-refractivity contribution in [1.82, 2.24) is 4.98 Å². The minimum absolute atomic E-state index is 0.600. The van der Waals surface area contributed by atoms with E-state index in [1.165, 1.54) is 0 Å². The Morgan fingerprint density at radius 1 is 1.29 bits per heavy atom. The van der Waals surface area contributed by atoms with Crippen LogP contribution in [0.2, 0.25) is 0 Å². The van der Waals surface area contributed by atoms with Crippen molar-refractivity contribution in [2.45, 2.75) is 6.42 Å². The zero-order valence-corrected chi connectivity index (χ0v) is 12.3. The highest BCUT2D eigenvalue weighted by Gasteiger charge is 2.11. The van der Waals surface area contributed by atoms with E-state index in [1.54, 1.807) is 6.20 Å². The monoisotopic (exact) mass is 358 g/mol. The fourth-order valence-corrected chi connectivity index (χ4v) is 2.93. The molecule has 0 spiro atoms. The Hall–Kier alpha value is -0.650. The third-order valence-corrected chi connectivity index (χ3v) is 3.59. The second-order valence-electron chi connectivity index (χ2n) is 3.56. The van der Waals surface area contributed by atoms with Gasteiger partial charge in [-0.3, -0.25) is 4.98 Å². The van der Waals surface area contributed by atoms with E-state index < -0.39 is 0 Å². The number of aromatic nitrogens is 1. The number of nitrogens with zero attached hydrogens (tertiary/aromatic N) is 1. The van der Waals surface area contributed by atoms with Crippen molar-refractivity contribution in [3.63, 3.8) is 0 Å². The van der Waals surface area contributed by atoms with Gasteiger partial charge >= 0.3 is 0 Å². The molecule has 17 heavy (non-hydrogen) atoms. The highest BCUT2D eigenvalue weighted by atomic mass is 79.9. The summed E-state index contributed by atoms with van der Waals surface area (Å²) in [6, 6.07) is 5.89. The molecule has 5 heteroatoms. The van der Waals surface area contributed by atoms with E-state index in [1.807, 2.05) is 18.2 Å². The first-order valence-corrected chi connectivity index (χ1v) is 6.88. The van der Waals surface area contributed by atoms with Gasteiger partial charge in [0.25, 0.3) is 0 Å². The molecule has 0 atom stereocenters. The van der Waals surface area contributed by atoms with Gasteiger partial charge in [-0.1, -0.05) is 22.0 Å². The number of pyridine rings is 1. The van der Waals surface area contributed by atoms with Gasteiger partial charge in [-0.15, -0.1) is 0 Å². The van der Waals surface area contributed by atoms with E-state index in [-0.39, 0.29) is 0 Å². The lowest BCUT2D eigenvalue weighted by molar-refractivity contribution is 0.314. The number of ether oxygens (including phenoxy) is 1. The smallest absolute Gasteiger partial charge is 0.159 e. The Balaban J connectivity index is 2.46. The van der Waals surface area contributed by atoms with Gasteiger partial charge in [0.05, 0.1) is 11.1 Å². The maximum absolute atomic E-state index is 5.74. The highest BCUT2D eigenvalue weighted by molar-refractivity contribution is 9.11. The summed E-state index contributed by atoms with van der Waals surface area (Å²) in [5.41, 5.74) is 6.31. The van der Waals surface area contributed by atoms with E-state index in [0.717, 1.165) is 32.0 Å². The molecule has 0 saturated heterocycles. The molecule has 0 aliphatic rings. The molecule has 0 amide bonds. The Morgan fingerprint density at radius 3 is 2.88 bits per heavy atom. The number of hydrogen-bond donors (Lipinski definition) is 1. The molecule has 0 radical (unpaired) electrons. The van der Waals surface area contributed by atoms with E-state index in [9.17, 15) is 0 Å². The topological polar surface area (TPSA) is 48.1 Å². The van der Waals surface area contributed by atoms with Crippen molar-refractivity contribution in [3.8, 4) is 5.75 Å². The van der Waals surface area contributed by atoms with Gasteiger partial charge < -0.3 is 10.5 Å². The quantitative estimate of drug-likeness (QED) is 0.850. The van der Waals surface area contributed by atoms with Crippen LogP contribution in [0.3, 0.4) is 0 Å². The molecule has 2 N–H and O–H groups in total. The maximum Gasteiger partial charge on any atom is 0.159 e. The van der Waals surface area contributed by atoms with Crippen molar-refractivity contribution in [2.24, 2.45) is 5.73 Å². The molecule has 0 aliphatic carbocycles. The van der Waals surface area contributed by atoms with Crippen LogP contribution in [0.25, 0.3) is 10.9 Å². The molecular weight excluding hydrogens is 348 g/mol. The summed E-state index contributed by atoms with van der Waals surface area (Å²) in [7, 11) is 0. The Kier molecular flexibility index (Phi) is 4.36. The number of hydrogen-bond acceptors (Lipinski definition) is 3. The summed E-state index contributed by atoms with van der Waals surface area (Å²) in [6.07, 6.45) is 2.59. The van der Waals surface area contributed by atoms with Crippen LogP contribution in [0.1, 0.15) is 6.42 Å². The van der Waals surface area contributed by atoms with Crippen LogP contribution in [-0.2, 0) is 0 Å². The summed E-state index contributed by atoms with van der Waals surface area (Å²) in [5.74, 6) is 0.775. The molecule has 1 aromatic carbocycles. The maximum atomic E-state index is 5.74. The standard InChI is InChI=1S/C12H12Br2N2O/c13-9-7-10(14)12(17-6-2-4-15)11-8(9)3-1-5-16-11/h1,3,5,7H,2,4,6,15H2. The molecule has 0 saturated carbocycles. The first-order valence-electron chi connectivity index (χ1n) is 5.29. The Labute approximate surface area is 117 Å². The second-order valence-corrected chi connectivity index (χ2v) is 5.27. The number of fused-ring (bicyclic) bond motifs is 1. The van der Waals surface area contributed by atoms with E-state index in [2.05, 4.69) is 36.8 Å². The normalized spacial score (nSPS) is 10.8. The fraction of sp³-hybridized carbons (Fsp3) is 0.250. The molecule has 0 bridgehead atoms. The van der Waals surface area contributed by atoms with Gasteiger partial charge in [0, 0.05) is 16.1 Å². The minimum atomic E-state index is 0.600. The van der Waals surface area contributed by atoms with Gasteiger partial charge in [-0.05, 0) is 41.0 Å². The van der Waals surface area contributed by atoms with Gasteiger partial charge in [0.2, 0.25) is 0 Å². The summed E-state index contributed by atoms with van der Waals surface area (Å²) in [4.78, 5) is 4.37. The zero-order chi connectivity index (χ0) is 12.3. The third kappa shape index (κ3) is 2.78. The fourth-order valence-electron chi connectivity index (χ4n) is 1.54. The number of rotatable bonds is 4. The summed E-state index contributed by atoms with van der Waals surface area (Å²) >= 11 is 7.01. The van der Waals surface area contributed by atoms with E-state index in [0.29, 0.717) is 13.2 Å². The van der Waals surface area contributed by atoms with Crippen LogP contribution in [0.4, 0.5) is 0 Å². The zero-order valence-electron chi connectivity index (χ0n) is 9.12. The minimum Gasteiger partial charge on any atom is -0.490 e. The molecule has 1 aromatic heterocycles. The van der Waals surface area contributed by atoms with Crippen LogP contribution in [0.5, 0.6) is 5.75 Å². The molecule has 2 rings (SSSR count). The summed E-state index contributed by atoms with van der Waals surface area (Å²) < 4.78 is 7.63. The average Bonchev–Trinajstić information content (AvgIpc) is 2.33. The molecular formula is C12H12Br2N2O. The lowest BCUT2D eigenvalue weighted by Gasteiger charge is -2.11. The van der Waals surface area contributed by atoms with Gasteiger partial charge in [-0.2, -0.15) is 0 Å². The Morgan fingerprint density at radius 2 is 2.12 bits per heavy atom. The second kappa shape index (κ2) is 5.80. The number of halogens is 2. The van der Waals surface area contributed by atoms with Crippen LogP contribution in [0, 0.1) is 0 Å². The van der Waals surface area contributed by atoms with Gasteiger partial charge in [0.15, 0.2) is 5.75 Å². The molecule has 0 unspecified atom stereocenters. The molecule has 0 aliphatic heterocycles. The van der Waals surface area contributed by atoms with Crippen LogP contribution in [0.15, 0.2) is 33.3 Å². The molecule has 1 heterocycles. The predicted octanol–water partition coefficient (Wildman–Crippen LogP) is 3.49. The van der Waals surface area contributed by atoms with Crippen LogP contribution in [-0.4, -0.2) is 18.1 Å². The summed E-state index contributed by atoms with van der Waals surface area (Å²) in [6.45, 7) is 1.22. The van der Waals surface area contributed by atoms with Gasteiger partial charge in [0.1, 0.15) is 5.52 Å². The van der Waals surface area contributed by atoms with Crippen LogP contribution < -0.4 is 10.5 Å². The summed E-state index contributed by atoms with van der Waals surface area (Å²) in [5, 5.41) is 1.04. The van der Waals surface area contributed by atoms with Gasteiger partial charge in [-0.25, -0.2) is 0 Å². The number of nitrogens with two attached hydrogens (primary N) is 1. The lowest BCUT2D eigenvalue weighted by atomic mass is 10.2. The first kappa shape index (κ1) is 12.8. The van der Waals surface area contributed by atoms with Crippen molar-refractivity contribution in [1.29, 1.82) is 0 Å². The van der Waals surface area contributed by atoms with E-state index in [4.69, 9.17) is 10.5 Å². The van der Waals surface area contributed by atoms with Crippen LogP contribution >= 0.6 is 31.9 Å². The largest absolute Gasteiger partial charge is 0.490 e. The van der Waals surface area contributed by atoms with Crippen molar-refractivity contribution < 1.29 is 4.74 Å². The molecule has 0 fully saturated rings. The van der Waals surface area contributed by atoms with Crippen molar-refractivity contribution in [2.75, 3.05) is 13.2 Å².